The van der Waals surface area contributed by atoms with Gasteiger partial charge < -0.3 is 15.8 Å². The Morgan fingerprint density at radius 1 is 1.38 bits per heavy atom. The van der Waals surface area contributed by atoms with Crippen LogP contribution < -0.4 is 15.8 Å². The molecule has 0 saturated heterocycles. The first-order valence-corrected chi connectivity index (χ1v) is 7.07. The third kappa shape index (κ3) is 4.39. The van der Waals surface area contributed by atoms with Crippen LogP contribution in [0.5, 0.6) is 5.75 Å². The second kappa shape index (κ2) is 6.39. The zero-order valence-electron chi connectivity index (χ0n) is 12.2. The smallest absolute Gasteiger partial charge is 0.261 e. The Morgan fingerprint density at radius 3 is 2.43 bits per heavy atom. The molecule has 0 aromatic heterocycles. The number of rotatable bonds is 6. The molecule has 1 saturated carbocycles. The lowest BCUT2D eigenvalue weighted by Crippen LogP contribution is -2.37. The van der Waals surface area contributed by atoms with E-state index in [0.29, 0.717) is 12.0 Å². The van der Waals surface area contributed by atoms with Crippen molar-refractivity contribution < 1.29 is 18.3 Å². The fourth-order valence-electron chi connectivity index (χ4n) is 1.99. The van der Waals surface area contributed by atoms with Crippen molar-refractivity contribution in [1.82, 2.24) is 5.32 Å². The molecule has 1 aromatic carbocycles. The number of nitrogens with two attached hydrogens (primary N) is 1. The molecule has 3 N–H and O–H groups in total. The minimum Gasteiger partial charge on any atom is -0.475 e. The molecule has 4 nitrogen and oxygen atoms in total. The van der Waals surface area contributed by atoms with E-state index in [1.807, 2.05) is 0 Å². The van der Waals surface area contributed by atoms with E-state index in [0.717, 1.165) is 12.8 Å². The number of hydrogen-bond acceptors (Lipinski definition) is 3. The lowest BCUT2D eigenvalue weighted by atomic mass is 10.1. The van der Waals surface area contributed by atoms with Crippen molar-refractivity contribution in [2.45, 2.75) is 51.3 Å². The van der Waals surface area contributed by atoms with Crippen LogP contribution in [0, 0.1) is 11.6 Å². The number of carbonyl (C=O) groups excluding carboxylic acids is 1. The summed E-state index contributed by atoms with van der Waals surface area (Å²) in [6, 6.07) is 2.35. The van der Waals surface area contributed by atoms with Crippen LogP contribution >= 0.6 is 0 Å². The standard InChI is InChI=1S/C15H20F2N2O2/c1-8(18)5-10-6-12(16)14(13(17)7-10)21-9(2)15(20)19-11-3-4-11/h6-9,11H,3-5,18H2,1-2H3,(H,19,20). The SMILES string of the molecule is CC(N)Cc1cc(F)c(OC(C)C(=O)NC2CC2)c(F)c1. The van der Waals surface area contributed by atoms with Gasteiger partial charge in [0.1, 0.15) is 0 Å². The van der Waals surface area contributed by atoms with Crippen LogP contribution in [-0.4, -0.2) is 24.1 Å². The van der Waals surface area contributed by atoms with E-state index in [9.17, 15) is 13.6 Å². The first kappa shape index (κ1) is 15.7. The summed E-state index contributed by atoms with van der Waals surface area (Å²) < 4.78 is 33.0. The van der Waals surface area contributed by atoms with E-state index in [-0.39, 0.29) is 18.0 Å². The van der Waals surface area contributed by atoms with Crippen molar-refractivity contribution in [3.63, 3.8) is 0 Å². The molecule has 0 heterocycles. The van der Waals surface area contributed by atoms with Crippen molar-refractivity contribution in [2.24, 2.45) is 5.73 Å². The van der Waals surface area contributed by atoms with Crippen LogP contribution in [0.4, 0.5) is 8.78 Å². The van der Waals surface area contributed by atoms with Gasteiger partial charge in [0, 0.05) is 12.1 Å². The summed E-state index contributed by atoms with van der Waals surface area (Å²) in [6.45, 7) is 3.22. The van der Waals surface area contributed by atoms with Gasteiger partial charge in [-0.05, 0) is 50.8 Å². The van der Waals surface area contributed by atoms with Gasteiger partial charge in [0.2, 0.25) is 0 Å². The highest BCUT2D eigenvalue weighted by atomic mass is 19.1. The molecule has 116 valence electrons. The van der Waals surface area contributed by atoms with Crippen molar-refractivity contribution in [2.75, 3.05) is 0 Å². The highest BCUT2D eigenvalue weighted by Gasteiger charge is 2.27. The van der Waals surface area contributed by atoms with E-state index in [1.165, 1.54) is 19.1 Å². The predicted molar refractivity (Wildman–Crippen MR) is 75.0 cm³/mol. The lowest BCUT2D eigenvalue weighted by molar-refractivity contribution is -0.127. The molecule has 1 fully saturated rings. The lowest BCUT2D eigenvalue weighted by Gasteiger charge is -2.16. The number of nitrogens with one attached hydrogen (secondary N) is 1. The van der Waals surface area contributed by atoms with Gasteiger partial charge in [-0.25, -0.2) is 8.78 Å². The maximum Gasteiger partial charge on any atom is 0.261 e. The molecule has 0 radical (unpaired) electrons. The third-order valence-corrected chi connectivity index (χ3v) is 3.20. The highest BCUT2D eigenvalue weighted by molar-refractivity contribution is 5.81. The summed E-state index contributed by atoms with van der Waals surface area (Å²) in [4.78, 5) is 11.7. The Hall–Kier alpha value is -1.69. The normalized spacial score (nSPS) is 17.2. The zero-order valence-corrected chi connectivity index (χ0v) is 12.2. The Balaban J connectivity index is 2.06. The van der Waals surface area contributed by atoms with Crippen molar-refractivity contribution >= 4 is 5.91 Å². The van der Waals surface area contributed by atoms with Crippen molar-refractivity contribution in [1.29, 1.82) is 0 Å². The summed E-state index contributed by atoms with van der Waals surface area (Å²) in [7, 11) is 0. The third-order valence-electron chi connectivity index (χ3n) is 3.20. The van der Waals surface area contributed by atoms with Gasteiger partial charge in [0.25, 0.3) is 5.91 Å². The molecule has 2 unspecified atom stereocenters. The number of ether oxygens (including phenoxy) is 1. The van der Waals surface area contributed by atoms with Gasteiger partial charge >= 0.3 is 0 Å². The van der Waals surface area contributed by atoms with Crippen LogP contribution in [0.15, 0.2) is 12.1 Å². The molecule has 6 heteroatoms. The average molecular weight is 298 g/mol. The molecule has 1 aromatic rings. The van der Waals surface area contributed by atoms with Gasteiger partial charge in [0.15, 0.2) is 23.5 Å². The average Bonchev–Trinajstić information content (AvgIpc) is 3.16. The fourth-order valence-corrected chi connectivity index (χ4v) is 1.99. The number of benzene rings is 1. The molecule has 1 aliphatic carbocycles. The Kier molecular flexibility index (Phi) is 4.77. The largest absolute Gasteiger partial charge is 0.475 e. The molecule has 2 atom stereocenters. The number of carbonyl (C=O) groups is 1. The predicted octanol–water partition coefficient (Wildman–Crippen LogP) is 1.90. The molecule has 21 heavy (non-hydrogen) atoms. The number of hydrogen-bond donors (Lipinski definition) is 2. The van der Waals surface area contributed by atoms with Gasteiger partial charge in [-0.2, -0.15) is 0 Å². The summed E-state index contributed by atoms with van der Waals surface area (Å²) in [5, 5.41) is 2.72. The first-order valence-electron chi connectivity index (χ1n) is 7.07. The van der Waals surface area contributed by atoms with Gasteiger partial charge in [-0.1, -0.05) is 0 Å². The first-order chi connectivity index (χ1) is 9.86. The van der Waals surface area contributed by atoms with Gasteiger partial charge in [-0.3, -0.25) is 4.79 Å². The molecular weight excluding hydrogens is 278 g/mol. The number of halogens is 2. The maximum absolute atomic E-state index is 13.9. The quantitative estimate of drug-likeness (QED) is 0.843. The van der Waals surface area contributed by atoms with Gasteiger partial charge in [-0.15, -0.1) is 0 Å². The van der Waals surface area contributed by atoms with E-state index < -0.39 is 23.5 Å². The molecule has 0 spiro atoms. The van der Waals surface area contributed by atoms with E-state index in [4.69, 9.17) is 10.5 Å². The summed E-state index contributed by atoms with van der Waals surface area (Å²) in [5.74, 6) is -2.54. The molecule has 0 bridgehead atoms. The van der Waals surface area contributed by atoms with Gasteiger partial charge in [0.05, 0.1) is 0 Å². The second-order valence-corrected chi connectivity index (χ2v) is 5.61. The molecule has 1 amide bonds. The monoisotopic (exact) mass is 298 g/mol. The maximum atomic E-state index is 13.9. The summed E-state index contributed by atoms with van der Waals surface area (Å²) in [6.07, 6.45) is 1.29. The Morgan fingerprint density at radius 2 is 1.95 bits per heavy atom. The second-order valence-electron chi connectivity index (χ2n) is 5.61. The molecule has 1 aliphatic rings. The van der Waals surface area contributed by atoms with Crippen LogP contribution in [-0.2, 0) is 11.2 Å². The summed E-state index contributed by atoms with van der Waals surface area (Å²) in [5.41, 5.74) is 6.07. The van der Waals surface area contributed by atoms with E-state index in [1.54, 1.807) is 6.92 Å². The molecule has 0 aliphatic heterocycles. The van der Waals surface area contributed by atoms with Crippen LogP contribution in [0.25, 0.3) is 0 Å². The van der Waals surface area contributed by atoms with Crippen molar-refractivity contribution in [3.05, 3.63) is 29.3 Å². The minimum atomic E-state index is -0.950. The van der Waals surface area contributed by atoms with E-state index in [2.05, 4.69) is 5.32 Å². The fraction of sp³-hybridized carbons (Fsp3) is 0.533. The zero-order chi connectivity index (χ0) is 15.6. The minimum absolute atomic E-state index is 0.173. The summed E-state index contributed by atoms with van der Waals surface area (Å²) >= 11 is 0. The van der Waals surface area contributed by atoms with Crippen molar-refractivity contribution in [3.8, 4) is 5.75 Å². The molecule has 2 rings (SSSR count). The number of amides is 1. The van der Waals surface area contributed by atoms with Crippen LogP contribution in [0.1, 0.15) is 32.3 Å². The van der Waals surface area contributed by atoms with Crippen LogP contribution in [0.3, 0.4) is 0 Å². The highest BCUT2D eigenvalue weighted by Crippen LogP contribution is 2.25. The Labute approximate surface area is 122 Å². The topological polar surface area (TPSA) is 64.3 Å². The van der Waals surface area contributed by atoms with E-state index >= 15 is 0 Å². The molecular formula is C15H20F2N2O2. The Bertz CT molecular complexity index is 507. The van der Waals surface area contributed by atoms with Crippen LogP contribution in [0.2, 0.25) is 0 Å².